The number of halogens is 4. The Labute approximate surface area is 190 Å². The summed E-state index contributed by atoms with van der Waals surface area (Å²) in [6.45, 7) is 1.56. The summed E-state index contributed by atoms with van der Waals surface area (Å²) in [4.78, 5) is 27.7. The number of anilines is 1. The lowest BCUT2D eigenvalue weighted by Gasteiger charge is -2.16. The van der Waals surface area contributed by atoms with E-state index in [9.17, 15) is 27.2 Å². The largest absolute Gasteiger partial charge is 0.573 e. The lowest BCUT2D eigenvalue weighted by molar-refractivity contribution is -0.274. The Hall–Kier alpha value is -4.35. The predicted octanol–water partition coefficient (Wildman–Crippen LogP) is 4.58. The second-order valence-electron chi connectivity index (χ2n) is 6.83. The molecule has 0 fully saturated rings. The Bertz CT molecular complexity index is 1230. The summed E-state index contributed by atoms with van der Waals surface area (Å²) in [7, 11) is 1.19. The van der Waals surface area contributed by atoms with Crippen molar-refractivity contribution in [2.75, 3.05) is 12.4 Å². The lowest BCUT2D eigenvalue weighted by atomic mass is 10.1. The van der Waals surface area contributed by atoms with Gasteiger partial charge < -0.3 is 25.3 Å². The molecule has 0 aliphatic carbocycles. The van der Waals surface area contributed by atoms with Crippen LogP contribution >= 0.6 is 0 Å². The molecule has 0 saturated carbocycles. The van der Waals surface area contributed by atoms with Crippen molar-refractivity contribution in [3.05, 3.63) is 71.3 Å². The molecule has 8 nitrogen and oxygen atoms in total. The fourth-order valence-corrected chi connectivity index (χ4v) is 2.87. The Morgan fingerprint density at radius 2 is 1.76 bits per heavy atom. The fraction of sp³-hybridized carbons (Fsp3) is 0.136. The normalized spacial score (nSPS) is 11.0. The minimum Gasteiger partial charge on any atom is -0.493 e. The zero-order valence-electron chi connectivity index (χ0n) is 17.7. The standard InChI is InChI=1S/C22H17F4N3O5/c1-11-7-14(23)19(21(31)29-12-3-5-15(20(27)30)28-10-12)18(8-11)33-16-6-4-13(9-17(16)32-2)34-22(24,25)26/h3-10H,1-2H3,(H2,27,30)(H,29,31). The molecule has 0 bridgehead atoms. The van der Waals surface area contributed by atoms with Gasteiger partial charge in [0.15, 0.2) is 11.5 Å². The van der Waals surface area contributed by atoms with Crippen LogP contribution in [0.3, 0.4) is 0 Å². The Kier molecular flexibility index (Phi) is 6.89. The zero-order valence-corrected chi connectivity index (χ0v) is 17.7. The first-order valence-electron chi connectivity index (χ1n) is 9.46. The number of hydrogen-bond acceptors (Lipinski definition) is 6. The van der Waals surface area contributed by atoms with Gasteiger partial charge in [-0.3, -0.25) is 9.59 Å². The summed E-state index contributed by atoms with van der Waals surface area (Å²) >= 11 is 0. The molecular formula is C22H17F4N3O5. The van der Waals surface area contributed by atoms with Gasteiger partial charge in [0.1, 0.15) is 28.6 Å². The molecule has 0 saturated heterocycles. The summed E-state index contributed by atoms with van der Waals surface area (Å²) in [5, 5.41) is 2.42. The third-order valence-electron chi connectivity index (χ3n) is 4.29. The molecule has 0 spiro atoms. The number of carbonyl (C=O) groups is 2. The van der Waals surface area contributed by atoms with Gasteiger partial charge in [0.2, 0.25) is 0 Å². The quantitative estimate of drug-likeness (QED) is 0.480. The van der Waals surface area contributed by atoms with Crippen LogP contribution in [0.25, 0.3) is 0 Å². The molecule has 0 atom stereocenters. The maximum atomic E-state index is 14.8. The number of rotatable bonds is 7. The number of primary amides is 1. The van der Waals surface area contributed by atoms with E-state index in [0.717, 1.165) is 30.5 Å². The molecule has 0 unspecified atom stereocenters. The number of aromatic nitrogens is 1. The predicted molar refractivity (Wildman–Crippen MR) is 112 cm³/mol. The SMILES string of the molecule is COc1cc(OC(F)(F)F)ccc1Oc1cc(C)cc(F)c1C(=O)Nc1ccc(C(N)=O)nc1. The summed E-state index contributed by atoms with van der Waals surface area (Å²) < 4.78 is 66.8. The topological polar surface area (TPSA) is 113 Å². The molecule has 1 heterocycles. The number of benzene rings is 2. The molecule has 2 amide bonds. The average molecular weight is 479 g/mol. The summed E-state index contributed by atoms with van der Waals surface area (Å²) in [5.74, 6) is -3.61. The highest BCUT2D eigenvalue weighted by atomic mass is 19.4. The van der Waals surface area contributed by atoms with E-state index in [-0.39, 0.29) is 28.6 Å². The van der Waals surface area contributed by atoms with Crippen LogP contribution in [-0.2, 0) is 0 Å². The number of nitrogens with one attached hydrogen (secondary N) is 1. The van der Waals surface area contributed by atoms with E-state index >= 15 is 0 Å². The van der Waals surface area contributed by atoms with Gasteiger partial charge in [-0.1, -0.05) is 0 Å². The minimum atomic E-state index is -4.91. The number of amides is 2. The number of aryl methyl sites for hydroxylation is 1. The van der Waals surface area contributed by atoms with E-state index in [1.807, 2.05) is 0 Å². The van der Waals surface area contributed by atoms with Crippen LogP contribution in [0.4, 0.5) is 23.2 Å². The van der Waals surface area contributed by atoms with Gasteiger partial charge in [-0.15, -0.1) is 13.2 Å². The number of alkyl halides is 3. The van der Waals surface area contributed by atoms with Crippen molar-refractivity contribution in [2.45, 2.75) is 13.3 Å². The van der Waals surface area contributed by atoms with Crippen LogP contribution < -0.4 is 25.3 Å². The van der Waals surface area contributed by atoms with E-state index < -0.39 is 35.3 Å². The average Bonchev–Trinajstić information content (AvgIpc) is 2.73. The molecule has 3 rings (SSSR count). The molecule has 3 aromatic rings. The third-order valence-corrected chi connectivity index (χ3v) is 4.29. The molecule has 2 aromatic carbocycles. The van der Waals surface area contributed by atoms with Crippen LogP contribution in [0.5, 0.6) is 23.0 Å². The van der Waals surface area contributed by atoms with Gasteiger partial charge in [0, 0.05) is 6.07 Å². The van der Waals surface area contributed by atoms with Gasteiger partial charge in [-0.2, -0.15) is 0 Å². The summed E-state index contributed by atoms with van der Waals surface area (Å²) in [6.07, 6.45) is -3.75. The molecule has 0 aliphatic rings. The van der Waals surface area contributed by atoms with Crippen LogP contribution in [0.15, 0.2) is 48.7 Å². The van der Waals surface area contributed by atoms with Gasteiger partial charge >= 0.3 is 6.36 Å². The molecule has 12 heteroatoms. The van der Waals surface area contributed by atoms with Crippen molar-refractivity contribution in [3.63, 3.8) is 0 Å². The molecule has 3 N–H and O–H groups in total. The van der Waals surface area contributed by atoms with Crippen molar-refractivity contribution >= 4 is 17.5 Å². The van der Waals surface area contributed by atoms with E-state index in [1.54, 1.807) is 6.92 Å². The van der Waals surface area contributed by atoms with Crippen molar-refractivity contribution in [1.82, 2.24) is 4.98 Å². The highest BCUT2D eigenvalue weighted by Crippen LogP contribution is 2.38. The van der Waals surface area contributed by atoms with E-state index in [4.69, 9.17) is 15.2 Å². The van der Waals surface area contributed by atoms with Gasteiger partial charge in [-0.05, 0) is 48.9 Å². The highest BCUT2D eigenvalue weighted by Gasteiger charge is 2.31. The molecule has 178 valence electrons. The smallest absolute Gasteiger partial charge is 0.493 e. The molecule has 0 radical (unpaired) electrons. The first-order valence-corrected chi connectivity index (χ1v) is 9.46. The van der Waals surface area contributed by atoms with E-state index in [1.165, 1.54) is 25.3 Å². The summed E-state index contributed by atoms with van der Waals surface area (Å²) in [6, 6.07) is 8.12. The second-order valence-corrected chi connectivity index (χ2v) is 6.83. The van der Waals surface area contributed by atoms with E-state index in [2.05, 4.69) is 15.0 Å². The van der Waals surface area contributed by atoms with Crippen LogP contribution in [-0.4, -0.2) is 30.3 Å². The first-order chi connectivity index (χ1) is 16.0. The van der Waals surface area contributed by atoms with Crippen molar-refractivity contribution < 1.29 is 41.4 Å². The third kappa shape index (κ3) is 5.91. The number of methoxy groups -OCH3 is 1. The number of carbonyl (C=O) groups excluding carboxylic acids is 2. The zero-order chi connectivity index (χ0) is 25.0. The molecule has 1 aromatic heterocycles. The second kappa shape index (κ2) is 9.65. The Balaban J connectivity index is 1.92. The van der Waals surface area contributed by atoms with Gasteiger partial charge in [-0.25, -0.2) is 9.37 Å². The van der Waals surface area contributed by atoms with Gasteiger partial charge in [0.05, 0.1) is 19.0 Å². The van der Waals surface area contributed by atoms with Crippen LogP contribution in [0.2, 0.25) is 0 Å². The molecule has 34 heavy (non-hydrogen) atoms. The number of hydrogen-bond donors (Lipinski definition) is 2. The van der Waals surface area contributed by atoms with Crippen molar-refractivity contribution in [1.29, 1.82) is 0 Å². The van der Waals surface area contributed by atoms with Crippen molar-refractivity contribution in [2.24, 2.45) is 5.73 Å². The number of pyridine rings is 1. The maximum Gasteiger partial charge on any atom is 0.573 e. The fourth-order valence-electron chi connectivity index (χ4n) is 2.87. The van der Waals surface area contributed by atoms with Crippen LogP contribution in [0, 0.1) is 12.7 Å². The number of nitrogens with zero attached hydrogens (tertiary/aromatic N) is 1. The molecular weight excluding hydrogens is 462 g/mol. The highest BCUT2D eigenvalue weighted by molar-refractivity contribution is 6.06. The maximum absolute atomic E-state index is 14.8. The number of ether oxygens (including phenoxy) is 3. The Morgan fingerprint density at radius 1 is 1.03 bits per heavy atom. The number of nitrogens with two attached hydrogens (primary N) is 1. The molecule has 0 aliphatic heterocycles. The van der Waals surface area contributed by atoms with Crippen molar-refractivity contribution in [3.8, 4) is 23.0 Å². The Morgan fingerprint density at radius 3 is 2.35 bits per heavy atom. The van der Waals surface area contributed by atoms with Gasteiger partial charge in [0.25, 0.3) is 11.8 Å². The summed E-state index contributed by atoms with van der Waals surface area (Å²) in [5.41, 5.74) is 5.16. The minimum absolute atomic E-state index is 0.0337. The van der Waals surface area contributed by atoms with Crippen LogP contribution in [0.1, 0.15) is 26.4 Å². The monoisotopic (exact) mass is 479 g/mol. The lowest BCUT2D eigenvalue weighted by Crippen LogP contribution is -2.17. The first kappa shape index (κ1) is 24.3. The van der Waals surface area contributed by atoms with E-state index in [0.29, 0.717) is 5.56 Å².